The molecule has 1 saturated heterocycles. The number of thioether (sulfide) groups is 1. The SMILES string of the molecule is Nc1cccnc1SCC1CCOC1. The molecule has 1 aliphatic rings. The molecule has 0 aromatic carbocycles. The van der Waals surface area contributed by atoms with E-state index in [4.69, 9.17) is 10.5 Å². The van der Waals surface area contributed by atoms with Gasteiger partial charge in [0, 0.05) is 18.6 Å². The highest BCUT2D eigenvalue weighted by Gasteiger charge is 2.16. The lowest BCUT2D eigenvalue weighted by Gasteiger charge is -2.07. The molecule has 0 spiro atoms. The Morgan fingerprint density at radius 1 is 1.64 bits per heavy atom. The van der Waals surface area contributed by atoms with Crippen LogP contribution in [0.25, 0.3) is 0 Å². The maximum atomic E-state index is 5.79. The summed E-state index contributed by atoms with van der Waals surface area (Å²) in [6.07, 6.45) is 2.95. The quantitative estimate of drug-likeness (QED) is 0.773. The van der Waals surface area contributed by atoms with Crippen molar-refractivity contribution in [2.24, 2.45) is 5.92 Å². The van der Waals surface area contributed by atoms with Gasteiger partial charge in [0.1, 0.15) is 5.03 Å². The van der Waals surface area contributed by atoms with Gasteiger partial charge in [0.15, 0.2) is 0 Å². The van der Waals surface area contributed by atoms with Crippen LogP contribution in [0.2, 0.25) is 0 Å². The van der Waals surface area contributed by atoms with Crippen LogP contribution < -0.4 is 5.73 Å². The van der Waals surface area contributed by atoms with Crippen molar-refractivity contribution in [3.63, 3.8) is 0 Å². The molecular formula is C10H14N2OS. The van der Waals surface area contributed by atoms with Crippen molar-refractivity contribution in [1.29, 1.82) is 0 Å². The van der Waals surface area contributed by atoms with E-state index < -0.39 is 0 Å². The summed E-state index contributed by atoms with van der Waals surface area (Å²) < 4.78 is 5.31. The summed E-state index contributed by atoms with van der Waals surface area (Å²) in [6.45, 7) is 1.79. The first-order valence-electron chi connectivity index (χ1n) is 4.77. The third-order valence-corrected chi connectivity index (χ3v) is 3.53. The summed E-state index contributed by atoms with van der Waals surface area (Å²) in [5, 5.41) is 0.944. The third kappa shape index (κ3) is 2.39. The van der Waals surface area contributed by atoms with Gasteiger partial charge in [-0.25, -0.2) is 4.98 Å². The fraction of sp³-hybridized carbons (Fsp3) is 0.500. The largest absolute Gasteiger partial charge is 0.397 e. The van der Waals surface area contributed by atoms with Crippen molar-refractivity contribution >= 4 is 17.4 Å². The van der Waals surface area contributed by atoms with Crippen molar-refractivity contribution in [2.45, 2.75) is 11.4 Å². The van der Waals surface area contributed by atoms with E-state index in [0.29, 0.717) is 5.92 Å². The van der Waals surface area contributed by atoms with E-state index in [9.17, 15) is 0 Å². The van der Waals surface area contributed by atoms with Gasteiger partial charge >= 0.3 is 0 Å². The molecule has 1 fully saturated rings. The van der Waals surface area contributed by atoms with E-state index in [2.05, 4.69) is 4.98 Å². The minimum atomic E-state index is 0.668. The van der Waals surface area contributed by atoms with Gasteiger partial charge in [0.2, 0.25) is 0 Å². The standard InChI is InChI=1S/C10H14N2OS/c11-9-2-1-4-12-10(9)14-7-8-3-5-13-6-8/h1-2,4,8H,3,5-7,11H2. The maximum absolute atomic E-state index is 5.79. The number of nitrogens with zero attached hydrogens (tertiary/aromatic N) is 1. The van der Waals surface area contributed by atoms with E-state index in [1.54, 1.807) is 18.0 Å². The molecule has 4 heteroatoms. The Labute approximate surface area is 88.0 Å². The van der Waals surface area contributed by atoms with Crippen molar-refractivity contribution in [2.75, 3.05) is 24.7 Å². The summed E-state index contributed by atoms with van der Waals surface area (Å²) in [6, 6.07) is 3.75. The molecule has 0 amide bonds. The molecular weight excluding hydrogens is 196 g/mol. The molecule has 76 valence electrons. The van der Waals surface area contributed by atoms with Crippen molar-refractivity contribution in [3.05, 3.63) is 18.3 Å². The van der Waals surface area contributed by atoms with Crippen LogP contribution in [-0.4, -0.2) is 24.0 Å². The number of nitrogen functional groups attached to an aromatic ring is 1. The zero-order chi connectivity index (χ0) is 9.80. The van der Waals surface area contributed by atoms with E-state index in [0.717, 1.165) is 29.7 Å². The first-order valence-corrected chi connectivity index (χ1v) is 5.76. The lowest BCUT2D eigenvalue weighted by Crippen LogP contribution is -2.03. The number of aromatic nitrogens is 1. The lowest BCUT2D eigenvalue weighted by molar-refractivity contribution is 0.189. The second kappa shape index (κ2) is 4.66. The normalized spacial score (nSPS) is 21.3. The molecule has 14 heavy (non-hydrogen) atoms. The number of anilines is 1. The minimum Gasteiger partial charge on any atom is -0.397 e. The van der Waals surface area contributed by atoms with E-state index in [1.165, 1.54) is 6.42 Å². The summed E-state index contributed by atoms with van der Waals surface area (Å²) in [5.74, 6) is 1.72. The first-order chi connectivity index (χ1) is 6.86. The number of ether oxygens (including phenoxy) is 1. The molecule has 2 rings (SSSR count). The molecule has 2 N–H and O–H groups in total. The Kier molecular flexibility index (Phi) is 3.26. The van der Waals surface area contributed by atoms with Crippen molar-refractivity contribution in [1.82, 2.24) is 4.98 Å². The topological polar surface area (TPSA) is 48.1 Å². The Morgan fingerprint density at radius 2 is 2.57 bits per heavy atom. The van der Waals surface area contributed by atoms with Gasteiger partial charge < -0.3 is 10.5 Å². The zero-order valence-corrected chi connectivity index (χ0v) is 8.80. The summed E-state index contributed by atoms with van der Waals surface area (Å²) in [7, 11) is 0. The molecule has 1 aromatic rings. The molecule has 0 aliphatic carbocycles. The lowest BCUT2D eigenvalue weighted by atomic mass is 10.2. The molecule has 1 aliphatic heterocycles. The molecule has 0 radical (unpaired) electrons. The van der Waals surface area contributed by atoms with Gasteiger partial charge in [-0.2, -0.15) is 0 Å². The second-order valence-electron chi connectivity index (χ2n) is 3.44. The van der Waals surface area contributed by atoms with Gasteiger partial charge in [-0.05, 0) is 24.5 Å². The van der Waals surface area contributed by atoms with Gasteiger partial charge in [-0.3, -0.25) is 0 Å². The van der Waals surface area contributed by atoms with Crippen LogP contribution in [0.3, 0.4) is 0 Å². The molecule has 0 saturated carbocycles. The number of nitrogens with two attached hydrogens (primary N) is 1. The molecule has 2 heterocycles. The highest BCUT2D eigenvalue weighted by molar-refractivity contribution is 7.99. The van der Waals surface area contributed by atoms with Crippen LogP contribution in [0.15, 0.2) is 23.4 Å². The van der Waals surface area contributed by atoms with Gasteiger partial charge in [0.25, 0.3) is 0 Å². The third-order valence-electron chi connectivity index (χ3n) is 2.28. The Morgan fingerprint density at radius 3 is 3.29 bits per heavy atom. The maximum Gasteiger partial charge on any atom is 0.119 e. The summed E-state index contributed by atoms with van der Waals surface area (Å²) in [5.41, 5.74) is 6.57. The number of pyridine rings is 1. The predicted molar refractivity (Wildman–Crippen MR) is 58.3 cm³/mol. The van der Waals surface area contributed by atoms with Crippen LogP contribution >= 0.6 is 11.8 Å². The highest BCUT2D eigenvalue weighted by atomic mass is 32.2. The fourth-order valence-corrected chi connectivity index (χ4v) is 2.46. The van der Waals surface area contributed by atoms with Crippen LogP contribution in [-0.2, 0) is 4.74 Å². The summed E-state index contributed by atoms with van der Waals surface area (Å²) in [4.78, 5) is 4.24. The van der Waals surface area contributed by atoms with Crippen LogP contribution in [0, 0.1) is 5.92 Å². The Bertz CT molecular complexity index is 300. The zero-order valence-electron chi connectivity index (χ0n) is 7.98. The molecule has 1 unspecified atom stereocenters. The van der Waals surface area contributed by atoms with Gasteiger partial charge in [-0.1, -0.05) is 0 Å². The number of hydrogen-bond acceptors (Lipinski definition) is 4. The van der Waals surface area contributed by atoms with Crippen LogP contribution in [0.5, 0.6) is 0 Å². The van der Waals surface area contributed by atoms with E-state index in [1.807, 2.05) is 12.1 Å². The average molecular weight is 210 g/mol. The summed E-state index contributed by atoms with van der Waals surface area (Å²) >= 11 is 1.73. The molecule has 1 aromatic heterocycles. The molecule has 3 nitrogen and oxygen atoms in total. The van der Waals surface area contributed by atoms with E-state index in [-0.39, 0.29) is 0 Å². The fourth-order valence-electron chi connectivity index (χ4n) is 1.44. The Hall–Kier alpha value is -0.740. The molecule has 1 atom stereocenters. The van der Waals surface area contributed by atoms with Crippen molar-refractivity contribution in [3.8, 4) is 0 Å². The first kappa shape index (κ1) is 9.80. The smallest absolute Gasteiger partial charge is 0.119 e. The van der Waals surface area contributed by atoms with E-state index >= 15 is 0 Å². The predicted octanol–water partition coefficient (Wildman–Crippen LogP) is 1.79. The second-order valence-corrected chi connectivity index (χ2v) is 4.45. The number of rotatable bonds is 3. The number of hydrogen-bond donors (Lipinski definition) is 1. The Balaban J connectivity index is 1.88. The minimum absolute atomic E-state index is 0.668. The molecule has 0 bridgehead atoms. The highest BCUT2D eigenvalue weighted by Crippen LogP contribution is 2.26. The average Bonchev–Trinajstić information content (AvgIpc) is 2.69. The van der Waals surface area contributed by atoms with Crippen LogP contribution in [0.4, 0.5) is 5.69 Å². The van der Waals surface area contributed by atoms with Crippen LogP contribution in [0.1, 0.15) is 6.42 Å². The monoisotopic (exact) mass is 210 g/mol. The van der Waals surface area contributed by atoms with Gasteiger partial charge in [0.05, 0.1) is 12.3 Å². The van der Waals surface area contributed by atoms with Crippen molar-refractivity contribution < 1.29 is 4.74 Å². The van der Waals surface area contributed by atoms with Gasteiger partial charge in [-0.15, -0.1) is 11.8 Å².